The Morgan fingerprint density at radius 3 is 2.37 bits per heavy atom. The van der Waals surface area contributed by atoms with Crippen molar-refractivity contribution in [2.45, 2.75) is 10.6 Å². The summed E-state index contributed by atoms with van der Waals surface area (Å²) in [6, 6.07) is 12.1. The molecule has 0 aliphatic rings. The van der Waals surface area contributed by atoms with Gasteiger partial charge in [-0.1, -0.05) is 30.3 Å². The summed E-state index contributed by atoms with van der Waals surface area (Å²) in [7, 11) is -2.26. The second-order valence-electron chi connectivity index (χ2n) is 4.00. The third-order valence-corrected chi connectivity index (χ3v) is 4.40. The van der Waals surface area contributed by atoms with Crippen LogP contribution in [0.2, 0.25) is 0 Å². The largest absolute Gasteiger partial charge is 0.496 e. The molecule has 0 fully saturated rings. The van der Waals surface area contributed by atoms with Crippen molar-refractivity contribution in [1.82, 2.24) is 0 Å². The van der Waals surface area contributed by atoms with Gasteiger partial charge in [-0.25, -0.2) is 12.8 Å². The molecule has 0 bridgehead atoms. The van der Waals surface area contributed by atoms with Crippen LogP contribution in [-0.4, -0.2) is 15.5 Å². The van der Waals surface area contributed by atoms with Crippen LogP contribution in [-0.2, 0) is 15.6 Å². The first kappa shape index (κ1) is 13.5. The van der Waals surface area contributed by atoms with Crippen LogP contribution in [0.4, 0.5) is 4.39 Å². The predicted octanol–water partition coefficient (Wildman–Crippen LogP) is 2.81. The standard InChI is InChI=1S/C14H13FO3S/c1-18-13-8-4-2-6-11(13)10-19(16,17)14-9-5-3-7-12(14)15/h2-9H,10H2,1H3. The summed E-state index contributed by atoms with van der Waals surface area (Å²) in [4.78, 5) is -0.291. The molecule has 2 rings (SSSR count). The highest BCUT2D eigenvalue weighted by Gasteiger charge is 2.20. The highest BCUT2D eigenvalue weighted by Crippen LogP contribution is 2.24. The van der Waals surface area contributed by atoms with Crippen molar-refractivity contribution in [3.63, 3.8) is 0 Å². The van der Waals surface area contributed by atoms with E-state index in [0.717, 1.165) is 6.07 Å². The summed E-state index contributed by atoms with van der Waals surface area (Å²) in [5.41, 5.74) is 0.508. The molecular formula is C14H13FO3S. The normalized spacial score (nSPS) is 11.3. The van der Waals surface area contributed by atoms with Gasteiger partial charge in [0, 0.05) is 5.56 Å². The molecule has 0 saturated heterocycles. The van der Waals surface area contributed by atoms with Crippen molar-refractivity contribution < 1.29 is 17.5 Å². The lowest BCUT2D eigenvalue weighted by molar-refractivity contribution is 0.411. The zero-order chi connectivity index (χ0) is 13.9. The number of ether oxygens (including phenoxy) is 1. The smallest absolute Gasteiger partial charge is 0.185 e. The van der Waals surface area contributed by atoms with Gasteiger partial charge in [0.25, 0.3) is 0 Å². The lowest BCUT2D eigenvalue weighted by atomic mass is 10.2. The van der Waals surface area contributed by atoms with Crippen LogP contribution < -0.4 is 4.74 Å². The minimum Gasteiger partial charge on any atom is -0.496 e. The van der Waals surface area contributed by atoms with Crippen LogP contribution in [0, 0.1) is 5.82 Å². The molecule has 0 atom stereocenters. The van der Waals surface area contributed by atoms with E-state index in [1.807, 2.05) is 0 Å². The number of para-hydroxylation sites is 1. The molecule has 0 heterocycles. The molecule has 0 unspecified atom stereocenters. The van der Waals surface area contributed by atoms with Crippen molar-refractivity contribution >= 4 is 9.84 Å². The molecule has 0 radical (unpaired) electrons. The van der Waals surface area contributed by atoms with E-state index in [4.69, 9.17) is 4.74 Å². The van der Waals surface area contributed by atoms with E-state index in [0.29, 0.717) is 11.3 Å². The highest BCUT2D eigenvalue weighted by molar-refractivity contribution is 7.90. The summed E-state index contributed by atoms with van der Waals surface area (Å²) >= 11 is 0. The van der Waals surface area contributed by atoms with Crippen molar-refractivity contribution in [1.29, 1.82) is 0 Å². The van der Waals surface area contributed by atoms with Gasteiger partial charge in [0.1, 0.15) is 16.5 Å². The first-order chi connectivity index (χ1) is 9.04. The third kappa shape index (κ3) is 2.93. The molecule has 0 aromatic heterocycles. The van der Waals surface area contributed by atoms with Crippen LogP contribution in [0.25, 0.3) is 0 Å². The van der Waals surface area contributed by atoms with Gasteiger partial charge in [-0.3, -0.25) is 0 Å². The van der Waals surface area contributed by atoms with Gasteiger partial charge in [-0.2, -0.15) is 0 Å². The summed E-state index contributed by atoms with van der Waals surface area (Å²) in [5, 5.41) is 0. The fourth-order valence-electron chi connectivity index (χ4n) is 1.80. The zero-order valence-electron chi connectivity index (χ0n) is 10.3. The van der Waals surface area contributed by atoms with Crippen molar-refractivity contribution in [3.05, 3.63) is 59.9 Å². The molecule has 0 aliphatic carbocycles. The number of benzene rings is 2. The second kappa shape index (κ2) is 5.40. The molecule has 3 nitrogen and oxygen atoms in total. The van der Waals surface area contributed by atoms with Crippen molar-refractivity contribution in [2.24, 2.45) is 0 Å². The lowest BCUT2D eigenvalue weighted by Crippen LogP contribution is -2.08. The Hall–Kier alpha value is -1.88. The number of sulfone groups is 1. The zero-order valence-corrected chi connectivity index (χ0v) is 11.2. The van der Waals surface area contributed by atoms with Gasteiger partial charge in [0.2, 0.25) is 0 Å². The Bertz CT molecular complexity index is 681. The average Bonchev–Trinajstić information content (AvgIpc) is 2.39. The van der Waals surface area contributed by atoms with Crippen LogP contribution in [0.15, 0.2) is 53.4 Å². The van der Waals surface area contributed by atoms with Gasteiger partial charge in [0.05, 0.1) is 12.9 Å². The number of hydrogen-bond acceptors (Lipinski definition) is 3. The fourth-order valence-corrected chi connectivity index (χ4v) is 3.26. The molecule has 19 heavy (non-hydrogen) atoms. The summed E-state index contributed by atoms with van der Waals surface area (Å²) < 4.78 is 43.0. The van der Waals surface area contributed by atoms with Crippen LogP contribution in [0.3, 0.4) is 0 Å². The molecular weight excluding hydrogens is 267 g/mol. The summed E-state index contributed by atoms with van der Waals surface area (Å²) in [6.07, 6.45) is 0. The van der Waals surface area contributed by atoms with Crippen LogP contribution in [0.1, 0.15) is 5.56 Å². The Morgan fingerprint density at radius 2 is 1.68 bits per heavy atom. The number of rotatable bonds is 4. The first-order valence-electron chi connectivity index (χ1n) is 5.64. The molecule has 0 saturated carbocycles. The van der Waals surface area contributed by atoms with E-state index in [1.165, 1.54) is 25.3 Å². The SMILES string of the molecule is COc1ccccc1CS(=O)(=O)c1ccccc1F. The lowest BCUT2D eigenvalue weighted by Gasteiger charge is -2.09. The van der Waals surface area contributed by atoms with Crippen LogP contribution >= 0.6 is 0 Å². The average molecular weight is 280 g/mol. The maximum Gasteiger partial charge on any atom is 0.185 e. The van der Waals surface area contributed by atoms with E-state index >= 15 is 0 Å². The maximum atomic E-state index is 13.6. The van der Waals surface area contributed by atoms with Gasteiger partial charge in [0.15, 0.2) is 9.84 Å². The number of halogens is 1. The highest BCUT2D eigenvalue weighted by atomic mass is 32.2. The maximum absolute atomic E-state index is 13.6. The van der Waals surface area contributed by atoms with Crippen LogP contribution in [0.5, 0.6) is 5.75 Å². The van der Waals surface area contributed by atoms with Crippen molar-refractivity contribution in [2.75, 3.05) is 7.11 Å². The Morgan fingerprint density at radius 1 is 1.05 bits per heavy atom. The number of methoxy groups -OCH3 is 1. The molecule has 0 N–H and O–H groups in total. The van der Waals surface area contributed by atoms with Gasteiger partial charge in [-0.15, -0.1) is 0 Å². The monoisotopic (exact) mass is 280 g/mol. The van der Waals surface area contributed by atoms with E-state index in [9.17, 15) is 12.8 Å². The Balaban J connectivity index is 2.40. The molecule has 2 aromatic carbocycles. The predicted molar refractivity (Wildman–Crippen MR) is 70.3 cm³/mol. The topological polar surface area (TPSA) is 43.4 Å². The molecule has 100 valence electrons. The van der Waals surface area contributed by atoms with E-state index < -0.39 is 15.7 Å². The minimum atomic E-state index is -3.73. The molecule has 0 aliphatic heterocycles. The molecule has 0 amide bonds. The summed E-state index contributed by atoms with van der Waals surface area (Å²) in [6.45, 7) is 0. The second-order valence-corrected chi connectivity index (χ2v) is 5.96. The Labute approximate surface area is 111 Å². The van der Waals surface area contributed by atoms with E-state index in [2.05, 4.69) is 0 Å². The van der Waals surface area contributed by atoms with Crippen molar-refractivity contribution in [3.8, 4) is 5.75 Å². The molecule has 0 spiro atoms. The van der Waals surface area contributed by atoms with E-state index in [-0.39, 0.29) is 10.6 Å². The first-order valence-corrected chi connectivity index (χ1v) is 7.29. The molecule has 5 heteroatoms. The minimum absolute atomic E-state index is 0.291. The fraction of sp³-hybridized carbons (Fsp3) is 0.143. The van der Waals surface area contributed by atoms with Gasteiger partial charge >= 0.3 is 0 Å². The van der Waals surface area contributed by atoms with E-state index in [1.54, 1.807) is 24.3 Å². The Kier molecular flexibility index (Phi) is 3.85. The summed E-state index contributed by atoms with van der Waals surface area (Å²) in [5.74, 6) is -0.558. The van der Waals surface area contributed by atoms with Gasteiger partial charge < -0.3 is 4.74 Å². The quantitative estimate of drug-likeness (QED) is 0.865. The molecule has 2 aromatic rings. The number of hydrogen-bond donors (Lipinski definition) is 0. The third-order valence-electron chi connectivity index (χ3n) is 2.71. The van der Waals surface area contributed by atoms with Gasteiger partial charge in [-0.05, 0) is 18.2 Å².